The van der Waals surface area contributed by atoms with Gasteiger partial charge in [-0.2, -0.15) is 0 Å². The van der Waals surface area contributed by atoms with E-state index in [0.29, 0.717) is 22.7 Å². The average molecular weight is 286 g/mol. The van der Waals surface area contributed by atoms with Gasteiger partial charge in [0.15, 0.2) is 6.39 Å². The van der Waals surface area contributed by atoms with E-state index in [-0.39, 0.29) is 12.4 Å². The molecule has 6 nitrogen and oxygen atoms in total. The van der Waals surface area contributed by atoms with Crippen LogP contribution in [0.4, 0.5) is 5.69 Å². The van der Waals surface area contributed by atoms with Gasteiger partial charge >= 0.3 is 0 Å². The number of nitrogens with zero attached hydrogens (tertiary/aromatic N) is 1. The molecular weight excluding hydrogens is 272 g/mol. The molecule has 0 unspecified atom stereocenters. The lowest BCUT2D eigenvalue weighted by molar-refractivity contribution is 0.0995. The molecule has 6 heteroatoms. The second kappa shape index (κ2) is 6.59. The summed E-state index contributed by atoms with van der Waals surface area (Å²) in [5.74, 6) is 5.52. The Morgan fingerprint density at radius 2 is 2.33 bits per heavy atom. The van der Waals surface area contributed by atoms with Crippen molar-refractivity contribution in [1.29, 1.82) is 0 Å². The summed E-state index contributed by atoms with van der Waals surface area (Å²) in [6, 6.07) is 5.08. The van der Waals surface area contributed by atoms with Crippen LogP contribution >= 0.6 is 0 Å². The molecule has 2 rings (SSSR count). The van der Waals surface area contributed by atoms with Crippen molar-refractivity contribution >= 4 is 11.6 Å². The largest absolute Gasteiger partial charge is 0.495 e. The number of aliphatic hydroxyl groups is 1. The van der Waals surface area contributed by atoms with E-state index < -0.39 is 5.91 Å². The Bertz CT molecular complexity index is 710. The van der Waals surface area contributed by atoms with Crippen LogP contribution in [0.3, 0.4) is 0 Å². The SMILES string of the molecule is COc1ccc(C#CCO)cc1NC(=O)c1ocnc1C. The average Bonchev–Trinajstić information content (AvgIpc) is 2.91. The van der Waals surface area contributed by atoms with Crippen molar-refractivity contribution in [2.24, 2.45) is 0 Å². The molecule has 0 atom stereocenters. The van der Waals surface area contributed by atoms with Gasteiger partial charge in [-0.15, -0.1) is 0 Å². The smallest absolute Gasteiger partial charge is 0.293 e. The number of aryl methyl sites for hydroxylation is 1. The Hall–Kier alpha value is -2.78. The Balaban J connectivity index is 2.29. The van der Waals surface area contributed by atoms with Crippen LogP contribution in [0.1, 0.15) is 21.8 Å². The Morgan fingerprint density at radius 3 is 2.95 bits per heavy atom. The summed E-state index contributed by atoms with van der Waals surface area (Å²) in [5.41, 5.74) is 1.61. The zero-order valence-corrected chi connectivity index (χ0v) is 11.6. The fourth-order valence-electron chi connectivity index (χ4n) is 1.72. The number of aromatic nitrogens is 1. The lowest BCUT2D eigenvalue weighted by Gasteiger charge is -2.09. The van der Waals surface area contributed by atoms with E-state index in [1.54, 1.807) is 25.1 Å². The Labute approximate surface area is 121 Å². The molecule has 0 aliphatic heterocycles. The summed E-state index contributed by atoms with van der Waals surface area (Å²) in [6.45, 7) is 1.45. The van der Waals surface area contributed by atoms with Crippen LogP contribution in [0, 0.1) is 18.8 Å². The Morgan fingerprint density at radius 1 is 1.52 bits per heavy atom. The highest BCUT2D eigenvalue weighted by atomic mass is 16.5. The maximum absolute atomic E-state index is 12.1. The van der Waals surface area contributed by atoms with Crippen molar-refractivity contribution in [3.63, 3.8) is 0 Å². The van der Waals surface area contributed by atoms with E-state index in [4.69, 9.17) is 14.3 Å². The van der Waals surface area contributed by atoms with Crippen LogP contribution in [0.15, 0.2) is 29.0 Å². The van der Waals surface area contributed by atoms with Gasteiger partial charge in [-0.3, -0.25) is 4.79 Å². The third kappa shape index (κ3) is 3.41. The maximum atomic E-state index is 12.1. The third-order valence-electron chi connectivity index (χ3n) is 2.71. The summed E-state index contributed by atoms with van der Waals surface area (Å²) < 4.78 is 10.2. The van der Waals surface area contributed by atoms with Gasteiger partial charge in [-0.25, -0.2) is 4.98 Å². The summed E-state index contributed by atoms with van der Waals surface area (Å²) >= 11 is 0. The molecule has 1 heterocycles. The number of carbonyl (C=O) groups is 1. The highest BCUT2D eigenvalue weighted by Crippen LogP contribution is 2.26. The molecule has 0 saturated heterocycles. The quantitative estimate of drug-likeness (QED) is 0.837. The third-order valence-corrected chi connectivity index (χ3v) is 2.71. The topological polar surface area (TPSA) is 84.6 Å². The molecule has 21 heavy (non-hydrogen) atoms. The molecule has 0 saturated carbocycles. The number of amides is 1. The first-order valence-corrected chi connectivity index (χ1v) is 6.15. The van der Waals surface area contributed by atoms with Gasteiger partial charge in [-0.05, 0) is 25.1 Å². The predicted molar refractivity (Wildman–Crippen MR) is 76.2 cm³/mol. The molecule has 2 aromatic rings. The van der Waals surface area contributed by atoms with Crippen LogP contribution in [0.25, 0.3) is 0 Å². The second-order valence-electron chi connectivity index (χ2n) is 4.10. The highest BCUT2D eigenvalue weighted by molar-refractivity contribution is 6.03. The minimum Gasteiger partial charge on any atom is -0.495 e. The number of rotatable bonds is 3. The molecule has 2 N–H and O–H groups in total. The summed E-state index contributed by atoms with van der Waals surface area (Å²) in [4.78, 5) is 16.0. The van der Waals surface area contributed by atoms with Crippen LogP contribution in [-0.4, -0.2) is 29.7 Å². The molecular formula is C15H14N2O4. The number of hydrogen-bond donors (Lipinski definition) is 2. The molecule has 108 valence electrons. The van der Waals surface area contributed by atoms with Gasteiger partial charge < -0.3 is 19.6 Å². The second-order valence-corrected chi connectivity index (χ2v) is 4.10. The predicted octanol–water partition coefficient (Wildman–Crippen LogP) is 1.59. The molecule has 1 aromatic carbocycles. The molecule has 1 amide bonds. The van der Waals surface area contributed by atoms with Gasteiger partial charge in [0.2, 0.25) is 5.76 Å². The lowest BCUT2D eigenvalue weighted by atomic mass is 10.2. The first kappa shape index (κ1) is 14.6. The van der Waals surface area contributed by atoms with Crippen LogP contribution in [-0.2, 0) is 0 Å². The summed E-state index contributed by atoms with van der Waals surface area (Å²) in [6.07, 6.45) is 1.21. The fraction of sp³-hybridized carbons (Fsp3) is 0.200. The van der Waals surface area contributed by atoms with E-state index in [9.17, 15) is 4.79 Å². The zero-order chi connectivity index (χ0) is 15.2. The van der Waals surface area contributed by atoms with E-state index in [2.05, 4.69) is 22.1 Å². The summed E-state index contributed by atoms with van der Waals surface area (Å²) in [7, 11) is 1.50. The van der Waals surface area contributed by atoms with Gasteiger partial charge in [0.25, 0.3) is 5.91 Å². The molecule has 0 aliphatic rings. The van der Waals surface area contributed by atoms with Crippen molar-refractivity contribution in [3.8, 4) is 17.6 Å². The number of methoxy groups -OCH3 is 1. The number of benzene rings is 1. The molecule has 0 fully saturated rings. The summed E-state index contributed by atoms with van der Waals surface area (Å²) in [5, 5.41) is 11.4. The van der Waals surface area contributed by atoms with Crippen molar-refractivity contribution in [3.05, 3.63) is 41.6 Å². The van der Waals surface area contributed by atoms with E-state index in [0.717, 1.165) is 0 Å². The number of oxazole rings is 1. The van der Waals surface area contributed by atoms with E-state index in [1.165, 1.54) is 13.5 Å². The molecule has 1 aromatic heterocycles. The van der Waals surface area contributed by atoms with Gasteiger partial charge in [0, 0.05) is 5.56 Å². The van der Waals surface area contributed by atoms with Crippen LogP contribution < -0.4 is 10.1 Å². The van der Waals surface area contributed by atoms with Crippen molar-refractivity contribution in [2.75, 3.05) is 19.0 Å². The standard InChI is InChI=1S/C15H14N2O4/c1-10-14(21-9-16-10)15(19)17-12-8-11(4-3-7-18)5-6-13(12)20-2/h5-6,8-9,18H,7H2,1-2H3,(H,17,19). The normalized spacial score (nSPS) is 9.67. The highest BCUT2D eigenvalue weighted by Gasteiger charge is 2.16. The van der Waals surface area contributed by atoms with Crippen molar-refractivity contribution in [2.45, 2.75) is 6.92 Å². The van der Waals surface area contributed by atoms with Crippen molar-refractivity contribution in [1.82, 2.24) is 4.98 Å². The number of hydrogen-bond acceptors (Lipinski definition) is 5. The van der Waals surface area contributed by atoms with Gasteiger partial charge in [-0.1, -0.05) is 11.8 Å². The Kier molecular flexibility index (Phi) is 4.59. The van der Waals surface area contributed by atoms with E-state index in [1.807, 2.05) is 0 Å². The number of nitrogens with one attached hydrogen (secondary N) is 1. The molecule has 0 radical (unpaired) electrons. The van der Waals surface area contributed by atoms with Gasteiger partial charge in [0.05, 0.1) is 18.5 Å². The maximum Gasteiger partial charge on any atom is 0.293 e. The zero-order valence-electron chi connectivity index (χ0n) is 11.6. The number of ether oxygens (including phenoxy) is 1. The van der Waals surface area contributed by atoms with E-state index >= 15 is 0 Å². The monoisotopic (exact) mass is 286 g/mol. The molecule has 0 aliphatic carbocycles. The molecule has 0 bridgehead atoms. The first-order valence-electron chi connectivity index (χ1n) is 6.15. The number of anilines is 1. The van der Waals surface area contributed by atoms with Crippen molar-refractivity contribution < 1.29 is 19.1 Å². The minimum atomic E-state index is -0.421. The first-order chi connectivity index (χ1) is 10.2. The van der Waals surface area contributed by atoms with Crippen LogP contribution in [0.5, 0.6) is 5.75 Å². The van der Waals surface area contributed by atoms with Crippen LogP contribution in [0.2, 0.25) is 0 Å². The lowest BCUT2D eigenvalue weighted by Crippen LogP contribution is -2.13. The number of carbonyl (C=O) groups excluding carboxylic acids is 1. The fourth-order valence-corrected chi connectivity index (χ4v) is 1.72. The van der Waals surface area contributed by atoms with Gasteiger partial charge in [0.1, 0.15) is 12.4 Å². The number of aliphatic hydroxyl groups excluding tert-OH is 1. The molecule has 0 spiro atoms. The minimum absolute atomic E-state index is 0.142.